The van der Waals surface area contributed by atoms with Crippen molar-refractivity contribution in [3.8, 4) is 44.5 Å². The van der Waals surface area contributed by atoms with E-state index < -0.39 is 25.2 Å². The predicted molar refractivity (Wildman–Crippen MR) is 416 cm³/mol. The molecule has 0 aromatic heterocycles. The zero-order valence-electron chi connectivity index (χ0n) is 60.4. The molecule has 14 heteroatoms. The lowest BCUT2D eigenvalue weighted by atomic mass is 9.49. The molecule has 4 aliphatic rings. The molecule has 0 amide bonds. The highest BCUT2D eigenvalue weighted by atomic mass is 79.9. The second kappa shape index (κ2) is 27.2. The van der Waals surface area contributed by atoms with Gasteiger partial charge in [0, 0.05) is 60.6 Å². The van der Waals surface area contributed by atoms with E-state index in [0.29, 0.717) is 5.56 Å². The van der Waals surface area contributed by atoms with Gasteiger partial charge in [-0.1, -0.05) is 183 Å². The normalized spacial score (nSPS) is 16.7. The number of aliphatic hydroxyl groups is 1. The number of carbonyl (C=O) groups excluding carboxylic acids is 2. The van der Waals surface area contributed by atoms with Crippen molar-refractivity contribution >= 4 is 89.6 Å². The molecule has 2 aliphatic carbocycles. The second-order valence-electron chi connectivity index (χ2n) is 30.7. The molecule has 2 aliphatic heterocycles. The summed E-state index contributed by atoms with van der Waals surface area (Å²) >= 11 is 3.58. The fraction of sp³-hybridized carbons (Fsp3) is 0.279. The molecule has 1 radical (unpaired) electrons. The summed E-state index contributed by atoms with van der Waals surface area (Å²) in [5, 5.41) is 10.5. The quantitative estimate of drug-likeness (QED) is 0.0788. The van der Waals surface area contributed by atoms with E-state index in [-0.39, 0.29) is 33.2 Å². The van der Waals surface area contributed by atoms with Crippen molar-refractivity contribution in [3.63, 3.8) is 0 Å². The number of anilines is 6. The lowest BCUT2D eigenvalue weighted by Gasteiger charge is -2.37. The van der Waals surface area contributed by atoms with Gasteiger partial charge in [0.05, 0.1) is 33.6 Å². The Morgan fingerprint density at radius 1 is 0.390 bits per heavy atom. The van der Waals surface area contributed by atoms with E-state index in [1.165, 1.54) is 61.2 Å². The van der Waals surface area contributed by atoms with E-state index in [4.69, 9.17) is 23.3 Å². The van der Waals surface area contributed by atoms with Crippen LogP contribution in [0.2, 0.25) is 0 Å². The molecule has 0 spiro atoms. The van der Waals surface area contributed by atoms with Gasteiger partial charge in [0.15, 0.2) is 0 Å². The average molecular weight is 1390 g/mol. The van der Waals surface area contributed by atoms with Crippen LogP contribution in [-0.2, 0) is 34.1 Å². The molecule has 2 fully saturated rings. The van der Waals surface area contributed by atoms with Crippen LogP contribution in [0.3, 0.4) is 0 Å². The zero-order chi connectivity index (χ0) is 71.5. The monoisotopic (exact) mass is 1390 g/mol. The molecule has 10 aromatic rings. The van der Waals surface area contributed by atoms with Crippen LogP contribution in [0.5, 0.6) is 0 Å². The van der Waals surface area contributed by atoms with Gasteiger partial charge in [0.2, 0.25) is 0 Å². The highest BCUT2D eigenvalue weighted by Gasteiger charge is 2.64. The maximum absolute atomic E-state index is 11.6. The number of hydrogen-bond acceptors (Lipinski definition) is 10. The molecule has 100 heavy (non-hydrogen) atoms. The van der Waals surface area contributed by atoms with Crippen LogP contribution in [0, 0.1) is 0 Å². The Kier molecular flexibility index (Phi) is 19.4. The molecule has 2 saturated heterocycles. The first-order chi connectivity index (χ1) is 47.2. The lowest BCUT2D eigenvalue weighted by Crippen LogP contribution is -2.49. The van der Waals surface area contributed by atoms with Crippen molar-refractivity contribution in [1.29, 1.82) is 0 Å². The van der Waals surface area contributed by atoms with Crippen molar-refractivity contribution in [3.05, 3.63) is 268 Å². The molecule has 10 aromatic carbocycles. The van der Waals surface area contributed by atoms with E-state index in [2.05, 4.69) is 235 Å². The largest absolute Gasteiger partial charge is 0.488 e. The minimum absolute atomic E-state index is 0.206. The van der Waals surface area contributed by atoms with Crippen LogP contribution in [0.4, 0.5) is 34.1 Å². The Hall–Kier alpha value is -8.43. The highest BCUT2D eigenvalue weighted by Crippen LogP contribution is 2.53. The van der Waals surface area contributed by atoms with Gasteiger partial charge in [-0.05, 0) is 247 Å². The van der Waals surface area contributed by atoms with Gasteiger partial charge in [0.1, 0.15) is 12.6 Å². The van der Waals surface area contributed by atoms with Gasteiger partial charge >= 0.3 is 21.5 Å². The van der Waals surface area contributed by atoms with Gasteiger partial charge in [0.25, 0.3) is 0 Å². The van der Waals surface area contributed by atoms with Crippen molar-refractivity contribution in [1.82, 2.24) is 0 Å². The van der Waals surface area contributed by atoms with E-state index in [9.17, 15) is 14.7 Å². The first-order valence-corrected chi connectivity index (χ1v) is 35.2. The summed E-state index contributed by atoms with van der Waals surface area (Å²) < 4.78 is 30.9. The van der Waals surface area contributed by atoms with Gasteiger partial charge < -0.3 is 38.2 Å². The Balaban J connectivity index is 0.000000154. The van der Waals surface area contributed by atoms with E-state index in [1.807, 2.05) is 118 Å². The number of halogens is 1. The summed E-state index contributed by atoms with van der Waals surface area (Å²) in [7, 11) is 0.760. The summed E-state index contributed by atoms with van der Waals surface area (Å²) in [6.45, 7) is 32.4. The molecule has 0 saturated carbocycles. The Morgan fingerprint density at radius 3 is 1.01 bits per heavy atom. The predicted octanol–water partition coefficient (Wildman–Crippen LogP) is 20.7. The summed E-state index contributed by atoms with van der Waals surface area (Å²) in [4.78, 5) is 27.6. The molecule has 10 nitrogen and oxygen atoms in total. The average Bonchev–Trinajstić information content (AvgIpc) is 1.79. The van der Waals surface area contributed by atoms with Crippen LogP contribution < -0.4 is 15.3 Å². The first kappa shape index (κ1) is 71.4. The Morgan fingerprint density at radius 2 is 0.680 bits per heavy atom. The number of nitrogens with zero attached hydrogens (tertiary/aromatic N) is 2. The second-order valence-corrected chi connectivity index (χ2v) is 31.6. The zero-order valence-corrected chi connectivity index (χ0v) is 62.0. The van der Waals surface area contributed by atoms with Crippen LogP contribution in [0.1, 0.15) is 154 Å². The van der Waals surface area contributed by atoms with Gasteiger partial charge in [-0.2, -0.15) is 0 Å². The van der Waals surface area contributed by atoms with Crippen LogP contribution in [0.15, 0.2) is 235 Å². The smallest absolute Gasteiger partial charge is 0.427 e. The Labute approximate surface area is 601 Å². The third kappa shape index (κ3) is 13.9. The molecule has 0 bridgehead atoms. The molecule has 2 heterocycles. The van der Waals surface area contributed by atoms with E-state index in [0.717, 1.165) is 67.8 Å². The summed E-state index contributed by atoms with van der Waals surface area (Å²) in [6, 6.07) is 80.4. The van der Waals surface area contributed by atoms with Crippen LogP contribution in [0.25, 0.3) is 44.5 Å². The minimum atomic E-state index is -0.998. The lowest BCUT2D eigenvalue weighted by molar-refractivity contribution is -0.0893. The number of carbonyl (C=O) groups is 2. The highest BCUT2D eigenvalue weighted by molar-refractivity contribution is 9.10. The Bertz CT molecular complexity index is 4560. The summed E-state index contributed by atoms with van der Waals surface area (Å²) in [5.74, 6) is 0. The van der Waals surface area contributed by atoms with Crippen LogP contribution >= 0.6 is 15.9 Å². The number of fused-ring (bicyclic) bond motifs is 6. The number of rotatable bonds is 15. The fourth-order valence-electron chi connectivity index (χ4n) is 13.3. The molecule has 0 atom stereocenters. The number of aldehydes is 2. The third-order valence-electron chi connectivity index (χ3n) is 21.6. The van der Waals surface area contributed by atoms with E-state index in [1.54, 1.807) is 21.3 Å². The molecule has 14 rings (SSSR count). The van der Waals surface area contributed by atoms with E-state index >= 15 is 0 Å². The topological polar surface area (TPSA) is 107 Å². The van der Waals surface area contributed by atoms with Crippen LogP contribution in [-0.4, -0.2) is 72.8 Å². The molecule has 1 N–H and O–H groups in total. The number of hydrogen-bond donors (Lipinski definition) is 1. The standard InChI is InChI=1S/C40H39BNO3.C34H26BrNO.C12H24B2O4/c1-38(2)36-24-27(26-43)12-22-34(36)35-23-21-33(25-37(35)38)42(31-17-13-29(14-18-31)28-10-8-7-9-11-28)32-19-15-30(16-20-32)41-45-40(5,6)39(3,4)44;1-34(2)32-20-23(22-37)8-18-30(32)31-19-17-29(21-33(31)34)36(28-15-11-26(35)12-16-28)27-13-9-25(10-14-27)24-6-4-3-5-7-24;1-9(2)10(3,4)16-13(15-9)14-17-11(5,6)12(7,8)18-14/h7-26,44H,1-6H3;3-22H,1-2H3;1-8H3. The summed E-state index contributed by atoms with van der Waals surface area (Å²) in [6.07, 6.45) is 1.85. The summed E-state index contributed by atoms with van der Waals surface area (Å²) in [5.41, 5.74) is 19.5. The molecular weight excluding hydrogens is 1300 g/mol. The van der Waals surface area contributed by atoms with Gasteiger partial charge in [-0.3, -0.25) is 9.59 Å². The minimum Gasteiger partial charge on any atom is -0.427 e. The SMILES string of the molecule is CC1(C)OB(B2OC(C)(C)C(C)(C)O2)OC1(C)C.CC1(C)c2cc(C=O)ccc2-c2ccc(N(c3ccc(Br)cc3)c3ccc(-c4ccccc4)cc3)cc21.CC1(C)c2cc(C=O)ccc2-c2ccc(N(c3ccc([B]OC(C)(C)C(C)(C)O)cc3)c3ccc(-c4ccccc4)cc3)cc21. The maximum atomic E-state index is 11.6. The van der Waals surface area contributed by atoms with Crippen molar-refractivity contribution in [2.45, 2.75) is 155 Å². The van der Waals surface area contributed by atoms with Crippen molar-refractivity contribution < 1.29 is 38.0 Å². The van der Waals surface area contributed by atoms with Crippen molar-refractivity contribution in [2.24, 2.45) is 0 Å². The molecular formula is C86H89B3BrN2O8. The molecule has 507 valence electrons. The first-order valence-electron chi connectivity index (χ1n) is 34.4. The van der Waals surface area contributed by atoms with Gasteiger partial charge in [-0.15, -0.1) is 0 Å². The van der Waals surface area contributed by atoms with Crippen molar-refractivity contribution in [2.75, 3.05) is 9.80 Å². The van der Waals surface area contributed by atoms with Gasteiger partial charge in [-0.25, -0.2) is 0 Å². The maximum Gasteiger partial charge on any atom is 0.488 e. The third-order valence-corrected chi connectivity index (χ3v) is 22.1. The number of benzene rings is 10. The fourth-order valence-corrected chi connectivity index (χ4v) is 13.6. The molecule has 0 unspecified atom stereocenters.